The van der Waals surface area contributed by atoms with Crippen LogP contribution in [0.3, 0.4) is 0 Å². The molecular formula is C18H16F2O6. The van der Waals surface area contributed by atoms with Crippen LogP contribution in [-0.4, -0.2) is 11.9 Å². The molecule has 0 atom stereocenters. The third-order valence-electron chi connectivity index (χ3n) is 2.56. The van der Waals surface area contributed by atoms with E-state index < -0.39 is 35.1 Å². The minimum absolute atomic E-state index is 0.162. The van der Waals surface area contributed by atoms with Gasteiger partial charge in [-0.15, -0.1) is 0 Å². The molecule has 0 aliphatic heterocycles. The van der Waals surface area contributed by atoms with Gasteiger partial charge in [-0.3, -0.25) is 0 Å². The van der Waals surface area contributed by atoms with Crippen molar-refractivity contribution < 1.29 is 37.3 Å². The average molecular weight is 366 g/mol. The Labute approximate surface area is 148 Å². The molecule has 0 aromatic heterocycles. The molecule has 1 aromatic carbocycles. The summed E-state index contributed by atoms with van der Waals surface area (Å²) >= 11 is 0. The van der Waals surface area contributed by atoms with Gasteiger partial charge in [0.15, 0.2) is 11.5 Å². The summed E-state index contributed by atoms with van der Waals surface area (Å²) in [6.07, 6.45) is 3.43. The van der Waals surface area contributed by atoms with Gasteiger partial charge in [0.2, 0.25) is 11.6 Å². The molecule has 0 heterocycles. The van der Waals surface area contributed by atoms with Gasteiger partial charge in [0.25, 0.3) is 0 Å². The van der Waals surface area contributed by atoms with E-state index >= 15 is 0 Å². The van der Waals surface area contributed by atoms with Crippen LogP contribution in [0.4, 0.5) is 8.78 Å². The maximum absolute atomic E-state index is 13.9. The summed E-state index contributed by atoms with van der Waals surface area (Å²) < 4.78 is 46.5. The fraction of sp³-hybridized carbons (Fsp3) is 0.111. The minimum atomic E-state index is -1.33. The Morgan fingerprint density at radius 3 is 1.46 bits per heavy atom. The van der Waals surface area contributed by atoms with Crippen molar-refractivity contribution in [3.8, 4) is 11.5 Å². The highest BCUT2D eigenvalue weighted by atomic mass is 19.2. The normalized spacial score (nSPS) is 10.6. The van der Waals surface area contributed by atoms with E-state index in [9.17, 15) is 18.4 Å². The highest BCUT2D eigenvalue weighted by molar-refractivity contribution is 5.87. The van der Waals surface area contributed by atoms with Gasteiger partial charge in [-0.25, -0.2) is 9.59 Å². The van der Waals surface area contributed by atoms with Crippen molar-refractivity contribution in [2.45, 2.75) is 13.8 Å². The van der Waals surface area contributed by atoms with Gasteiger partial charge in [0.1, 0.15) is 25.0 Å². The topological polar surface area (TPSA) is 71.1 Å². The highest BCUT2D eigenvalue weighted by Gasteiger charge is 2.15. The molecule has 26 heavy (non-hydrogen) atoms. The Balaban J connectivity index is 2.67. The molecule has 0 bridgehead atoms. The first-order valence-corrected chi connectivity index (χ1v) is 7.08. The number of carbonyl (C=O) groups is 2. The SMILES string of the molecule is C=C(C)C(=O)O/C=C\Oc1ccc(O/C=C\OC(=O)C(=C)C)c(F)c1F. The first-order valence-electron chi connectivity index (χ1n) is 7.08. The van der Waals surface area contributed by atoms with Gasteiger partial charge in [0, 0.05) is 11.1 Å². The molecule has 8 heteroatoms. The van der Waals surface area contributed by atoms with E-state index in [1.54, 1.807) is 0 Å². The molecule has 0 spiro atoms. The van der Waals surface area contributed by atoms with E-state index in [4.69, 9.17) is 9.47 Å². The maximum atomic E-state index is 13.9. The van der Waals surface area contributed by atoms with Crippen LogP contribution in [0.2, 0.25) is 0 Å². The van der Waals surface area contributed by atoms with E-state index in [1.165, 1.54) is 13.8 Å². The van der Waals surface area contributed by atoms with Crippen molar-refractivity contribution in [2.75, 3.05) is 0 Å². The van der Waals surface area contributed by atoms with Crippen LogP contribution in [0.15, 0.2) is 61.5 Å². The number of esters is 2. The second-order valence-electron chi connectivity index (χ2n) is 4.84. The lowest BCUT2D eigenvalue weighted by Crippen LogP contribution is -2.00. The molecule has 1 aromatic rings. The lowest BCUT2D eigenvalue weighted by atomic mass is 10.3. The largest absolute Gasteiger partial charge is 0.459 e. The predicted octanol–water partition coefficient (Wildman–Crippen LogP) is 3.90. The number of hydrogen-bond donors (Lipinski definition) is 0. The Bertz CT molecular complexity index is 715. The summed E-state index contributed by atoms with van der Waals surface area (Å²) in [7, 11) is 0. The molecule has 0 saturated heterocycles. The lowest BCUT2D eigenvalue weighted by Gasteiger charge is -2.07. The number of halogens is 2. The summed E-state index contributed by atoms with van der Waals surface area (Å²) in [5, 5.41) is 0. The molecule has 0 aliphatic rings. The first-order chi connectivity index (χ1) is 12.2. The quantitative estimate of drug-likeness (QED) is 0.395. The summed E-state index contributed by atoms with van der Waals surface area (Å²) in [4.78, 5) is 22.2. The minimum Gasteiger partial charge on any atom is -0.459 e. The van der Waals surface area contributed by atoms with E-state index in [1.807, 2.05) is 0 Å². The molecule has 0 fully saturated rings. The van der Waals surface area contributed by atoms with Gasteiger partial charge in [-0.05, 0) is 26.0 Å². The molecule has 0 radical (unpaired) electrons. The van der Waals surface area contributed by atoms with Gasteiger partial charge >= 0.3 is 11.9 Å². The monoisotopic (exact) mass is 366 g/mol. The number of carbonyl (C=O) groups excluding carboxylic acids is 2. The average Bonchev–Trinajstić information content (AvgIpc) is 2.59. The molecule has 138 valence electrons. The second-order valence-corrected chi connectivity index (χ2v) is 4.84. The molecule has 0 unspecified atom stereocenters. The van der Waals surface area contributed by atoms with E-state index in [2.05, 4.69) is 22.6 Å². The summed E-state index contributed by atoms with van der Waals surface area (Å²) in [5.41, 5.74) is 0.325. The highest BCUT2D eigenvalue weighted by Crippen LogP contribution is 2.27. The Morgan fingerprint density at radius 2 is 1.15 bits per heavy atom. The molecule has 0 amide bonds. The van der Waals surface area contributed by atoms with Crippen LogP contribution in [0.1, 0.15) is 13.8 Å². The molecular weight excluding hydrogens is 350 g/mol. The number of rotatable bonds is 8. The van der Waals surface area contributed by atoms with Crippen LogP contribution < -0.4 is 9.47 Å². The van der Waals surface area contributed by atoms with Crippen LogP contribution in [-0.2, 0) is 19.1 Å². The summed E-state index contributed by atoms with van der Waals surface area (Å²) in [5.74, 6) is -4.97. The smallest absolute Gasteiger partial charge is 0.338 e. The molecule has 0 saturated carbocycles. The maximum Gasteiger partial charge on any atom is 0.338 e. The Hall–Kier alpha value is -3.42. The van der Waals surface area contributed by atoms with Crippen molar-refractivity contribution in [1.29, 1.82) is 0 Å². The lowest BCUT2D eigenvalue weighted by molar-refractivity contribution is -0.134. The zero-order valence-electron chi connectivity index (χ0n) is 14.1. The van der Waals surface area contributed by atoms with Gasteiger partial charge in [0.05, 0.1) is 0 Å². The van der Waals surface area contributed by atoms with Crippen LogP contribution >= 0.6 is 0 Å². The van der Waals surface area contributed by atoms with Crippen molar-refractivity contribution in [3.63, 3.8) is 0 Å². The molecule has 0 N–H and O–H groups in total. The van der Waals surface area contributed by atoms with Crippen molar-refractivity contribution in [1.82, 2.24) is 0 Å². The van der Waals surface area contributed by atoms with Gasteiger partial charge < -0.3 is 18.9 Å². The van der Waals surface area contributed by atoms with Gasteiger partial charge in [-0.1, -0.05) is 13.2 Å². The van der Waals surface area contributed by atoms with Crippen LogP contribution in [0, 0.1) is 11.6 Å². The summed E-state index contributed by atoms with van der Waals surface area (Å²) in [6.45, 7) is 9.62. The van der Waals surface area contributed by atoms with Crippen molar-refractivity contribution >= 4 is 11.9 Å². The third kappa shape index (κ3) is 6.23. The van der Waals surface area contributed by atoms with E-state index in [-0.39, 0.29) is 11.1 Å². The second kappa shape index (κ2) is 9.77. The zero-order chi connectivity index (χ0) is 19.7. The number of ether oxygens (including phenoxy) is 4. The Morgan fingerprint density at radius 1 is 0.808 bits per heavy atom. The van der Waals surface area contributed by atoms with Crippen molar-refractivity contribution in [3.05, 3.63) is 73.1 Å². The molecule has 1 rings (SSSR count). The molecule has 6 nitrogen and oxygen atoms in total. The van der Waals surface area contributed by atoms with E-state index in [0.29, 0.717) is 0 Å². The fourth-order valence-electron chi connectivity index (χ4n) is 1.28. The van der Waals surface area contributed by atoms with E-state index in [0.717, 1.165) is 37.2 Å². The summed E-state index contributed by atoms with van der Waals surface area (Å²) in [6, 6.07) is 2.18. The first kappa shape index (κ1) is 20.6. The third-order valence-corrected chi connectivity index (χ3v) is 2.56. The molecule has 0 aliphatic carbocycles. The van der Waals surface area contributed by atoms with Crippen molar-refractivity contribution in [2.24, 2.45) is 0 Å². The Kier molecular flexibility index (Phi) is 7.75. The fourth-order valence-corrected chi connectivity index (χ4v) is 1.28. The standard InChI is InChI=1S/C18H16F2O6/c1-11(2)17(21)25-9-7-23-13-5-6-14(16(20)15(13)19)24-8-10-26-18(22)12(3)4/h5-10H,1,3H2,2,4H3/b9-7-,10-8-. The number of benzene rings is 1. The van der Waals surface area contributed by atoms with Crippen LogP contribution in [0.25, 0.3) is 0 Å². The number of hydrogen-bond acceptors (Lipinski definition) is 6. The van der Waals surface area contributed by atoms with Gasteiger partial charge in [-0.2, -0.15) is 8.78 Å². The van der Waals surface area contributed by atoms with Crippen LogP contribution in [0.5, 0.6) is 11.5 Å². The zero-order valence-corrected chi connectivity index (χ0v) is 14.1. The predicted molar refractivity (Wildman–Crippen MR) is 87.7 cm³/mol.